The van der Waals surface area contributed by atoms with Crippen molar-refractivity contribution < 1.29 is 19.4 Å². The number of aromatic nitrogens is 1. The van der Waals surface area contributed by atoms with Gasteiger partial charge in [0.15, 0.2) is 0 Å². The molecule has 6 nitrogen and oxygen atoms in total. The molecule has 0 spiro atoms. The van der Waals surface area contributed by atoms with Gasteiger partial charge in [-0.3, -0.25) is 4.99 Å². The van der Waals surface area contributed by atoms with Crippen LogP contribution in [0.25, 0.3) is 5.69 Å². The topological polar surface area (TPSA) is 80.9 Å². The highest BCUT2D eigenvalue weighted by molar-refractivity contribution is 5.90. The summed E-state index contributed by atoms with van der Waals surface area (Å²) in [6.07, 6.45) is 1.77. The zero-order valence-electron chi connectivity index (χ0n) is 17.0. The van der Waals surface area contributed by atoms with Crippen LogP contribution in [0.1, 0.15) is 44.6 Å². The molecule has 3 aromatic rings. The molecular formula is C23H23ClN2O4. The van der Waals surface area contributed by atoms with E-state index in [4.69, 9.17) is 9.84 Å². The molecule has 0 fully saturated rings. The Morgan fingerprint density at radius 1 is 1.03 bits per heavy atom. The molecule has 0 saturated heterocycles. The number of carbonyl (C=O) groups is 2. The maximum atomic E-state index is 11.8. The number of rotatable bonds is 6. The molecule has 0 unspecified atom stereocenters. The summed E-state index contributed by atoms with van der Waals surface area (Å²) in [5.74, 6) is -1.29. The summed E-state index contributed by atoms with van der Waals surface area (Å²) >= 11 is 0. The normalized spacial score (nSPS) is 10.6. The third kappa shape index (κ3) is 4.96. The molecule has 1 heterocycles. The molecule has 2 aromatic carbocycles. The number of aliphatic imine (C=N–C) groups is 1. The standard InChI is InChI=1S/C23H22N2O4.ClH/c1-4-29-23(28)18-7-11-21(12-8-18)25-15(2)13-19(16(25)3)14-24-20-9-5-17(6-10-20)22(26)27;/h5-14H,4H2,1-3H3,(H,26,27);1H. The SMILES string of the molecule is CCOC(=O)c1ccc(-n2c(C)cc(C=Nc3ccc(C(=O)O)cc3)c2C)cc1.Cl. The molecular weight excluding hydrogens is 404 g/mol. The van der Waals surface area contributed by atoms with E-state index in [1.807, 2.05) is 32.0 Å². The van der Waals surface area contributed by atoms with Crippen LogP contribution in [-0.4, -0.2) is 34.4 Å². The molecule has 7 heteroatoms. The zero-order chi connectivity index (χ0) is 21.0. The predicted molar refractivity (Wildman–Crippen MR) is 119 cm³/mol. The lowest BCUT2D eigenvalue weighted by molar-refractivity contribution is 0.0526. The Morgan fingerprint density at radius 2 is 1.63 bits per heavy atom. The van der Waals surface area contributed by atoms with Crippen LogP contribution in [0, 0.1) is 13.8 Å². The first-order chi connectivity index (χ1) is 13.9. The molecule has 0 aliphatic rings. The summed E-state index contributed by atoms with van der Waals surface area (Å²) in [7, 11) is 0. The Kier molecular flexibility index (Phi) is 7.55. The summed E-state index contributed by atoms with van der Waals surface area (Å²) in [4.78, 5) is 27.2. The van der Waals surface area contributed by atoms with E-state index < -0.39 is 5.97 Å². The Bertz CT molecular complexity index is 1070. The van der Waals surface area contributed by atoms with Crippen molar-refractivity contribution in [1.82, 2.24) is 4.57 Å². The fourth-order valence-corrected chi connectivity index (χ4v) is 3.11. The Hall–Kier alpha value is -3.38. The second-order valence-electron chi connectivity index (χ2n) is 6.54. The van der Waals surface area contributed by atoms with Gasteiger partial charge in [0.05, 0.1) is 23.4 Å². The number of ether oxygens (including phenoxy) is 1. The third-order valence-corrected chi connectivity index (χ3v) is 4.57. The lowest BCUT2D eigenvalue weighted by atomic mass is 10.2. The number of aromatic carboxylic acids is 1. The molecule has 0 amide bonds. The quantitative estimate of drug-likeness (QED) is 0.437. The molecule has 1 N–H and O–H groups in total. The van der Waals surface area contributed by atoms with Gasteiger partial charge in [-0.2, -0.15) is 0 Å². The number of carboxylic acid groups (broad SMARTS) is 1. The summed E-state index contributed by atoms with van der Waals surface area (Å²) in [5.41, 5.74) is 5.38. The molecule has 0 radical (unpaired) electrons. The summed E-state index contributed by atoms with van der Waals surface area (Å²) in [5, 5.41) is 8.97. The number of carbonyl (C=O) groups excluding carboxylic acids is 1. The van der Waals surface area contributed by atoms with Gasteiger partial charge in [-0.25, -0.2) is 9.59 Å². The van der Waals surface area contributed by atoms with E-state index in [1.165, 1.54) is 12.1 Å². The first-order valence-corrected chi connectivity index (χ1v) is 9.24. The monoisotopic (exact) mass is 426 g/mol. The van der Waals surface area contributed by atoms with Gasteiger partial charge in [0, 0.05) is 28.9 Å². The lowest BCUT2D eigenvalue weighted by Gasteiger charge is -2.10. The molecule has 0 aliphatic carbocycles. The molecule has 156 valence electrons. The van der Waals surface area contributed by atoms with Crippen molar-refractivity contribution in [2.75, 3.05) is 6.61 Å². The van der Waals surface area contributed by atoms with Gasteiger partial charge < -0.3 is 14.4 Å². The van der Waals surface area contributed by atoms with Gasteiger partial charge in [-0.1, -0.05) is 0 Å². The average molecular weight is 427 g/mol. The first kappa shape index (κ1) is 22.9. The minimum atomic E-state index is -0.960. The van der Waals surface area contributed by atoms with Crippen molar-refractivity contribution >= 4 is 36.2 Å². The van der Waals surface area contributed by atoms with Crippen LogP contribution in [0.5, 0.6) is 0 Å². The van der Waals surface area contributed by atoms with Crippen LogP contribution in [0.2, 0.25) is 0 Å². The number of nitrogens with zero attached hydrogens (tertiary/aromatic N) is 2. The van der Waals surface area contributed by atoms with Crippen molar-refractivity contribution in [3.63, 3.8) is 0 Å². The molecule has 3 rings (SSSR count). The highest BCUT2D eigenvalue weighted by Crippen LogP contribution is 2.21. The van der Waals surface area contributed by atoms with E-state index in [1.54, 1.807) is 37.4 Å². The van der Waals surface area contributed by atoms with Crippen LogP contribution >= 0.6 is 12.4 Å². The zero-order valence-corrected chi connectivity index (χ0v) is 17.8. The predicted octanol–water partition coefficient (Wildman–Crippen LogP) is 5.14. The van der Waals surface area contributed by atoms with Crippen molar-refractivity contribution in [3.8, 4) is 5.69 Å². The van der Waals surface area contributed by atoms with Crippen molar-refractivity contribution in [3.05, 3.63) is 82.7 Å². The van der Waals surface area contributed by atoms with Crippen molar-refractivity contribution in [1.29, 1.82) is 0 Å². The number of hydrogen-bond donors (Lipinski definition) is 1. The Labute approximate surface area is 181 Å². The molecule has 0 saturated carbocycles. The number of aryl methyl sites for hydroxylation is 1. The van der Waals surface area contributed by atoms with Gasteiger partial charge in [0.1, 0.15) is 0 Å². The second-order valence-corrected chi connectivity index (χ2v) is 6.54. The highest BCUT2D eigenvalue weighted by Gasteiger charge is 2.11. The van der Waals surface area contributed by atoms with Crippen LogP contribution < -0.4 is 0 Å². The van der Waals surface area contributed by atoms with Gasteiger partial charge in [-0.05, 0) is 75.4 Å². The van der Waals surface area contributed by atoms with E-state index in [0.29, 0.717) is 17.9 Å². The van der Waals surface area contributed by atoms with Crippen LogP contribution in [0.3, 0.4) is 0 Å². The number of benzene rings is 2. The van der Waals surface area contributed by atoms with Crippen LogP contribution in [0.15, 0.2) is 59.6 Å². The molecule has 30 heavy (non-hydrogen) atoms. The first-order valence-electron chi connectivity index (χ1n) is 9.24. The molecule has 0 aliphatic heterocycles. The van der Waals surface area contributed by atoms with Crippen molar-refractivity contribution in [2.45, 2.75) is 20.8 Å². The molecule has 1 aromatic heterocycles. The van der Waals surface area contributed by atoms with Crippen LogP contribution in [-0.2, 0) is 4.74 Å². The maximum Gasteiger partial charge on any atom is 0.338 e. The van der Waals surface area contributed by atoms with E-state index >= 15 is 0 Å². The smallest absolute Gasteiger partial charge is 0.338 e. The van der Waals surface area contributed by atoms with Crippen LogP contribution in [0.4, 0.5) is 5.69 Å². The number of hydrogen-bond acceptors (Lipinski definition) is 4. The summed E-state index contributed by atoms with van der Waals surface area (Å²) in [6, 6.07) is 15.7. The van der Waals surface area contributed by atoms with E-state index in [2.05, 4.69) is 9.56 Å². The largest absolute Gasteiger partial charge is 0.478 e. The summed E-state index contributed by atoms with van der Waals surface area (Å²) in [6.45, 7) is 6.13. The molecule has 0 atom stereocenters. The van der Waals surface area contributed by atoms with Gasteiger partial charge in [0.25, 0.3) is 0 Å². The summed E-state index contributed by atoms with van der Waals surface area (Å²) < 4.78 is 7.11. The minimum absolute atomic E-state index is 0. The number of halogens is 1. The minimum Gasteiger partial charge on any atom is -0.478 e. The van der Waals surface area contributed by atoms with Gasteiger partial charge >= 0.3 is 11.9 Å². The van der Waals surface area contributed by atoms with Gasteiger partial charge in [0.2, 0.25) is 0 Å². The maximum absolute atomic E-state index is 11.8. The highest BCUT2D eigenvalue weighted by atomic mass is 35.5. The molecule has 0 bridgehead atoms. The third-order valence-electron chi connectivity index (χ3n) is 4.57. The van der Waals surface area contributed by atoms with E-state index in [-0.39, 0.29) is 23.9 Å². The Morgan fingerprint density at radius 3 is 2.20 bits per heavy atom. The fourth-order valence-electron chi connectivity index (χ4n) is 3.11. The van der Waals surface area contributed by atoms with Crippen molar-refractivity contribution in [2.24, 2.45) is 4.99 Å². The average Bonchev–Trinajstić information content (AvgIpc) is 3.00. The van der Waals surface area contributed by atoms with E-state index in [0.717, 1.165) is 22.6 Å². The Balaban J connectivity index is 0.00000320. The number of esters is 1. The lowest BCUT2D eigenvalue weighted by Crippen LogP contribution is -2.05. The fraction of sp³-hybridized carbons (Fsp3) is 0.174. The number of carboxylic acids is 1. The second kappa shape index (κ2) is 9.89. The van der Waals surface area contributed by atoms with E-state index in [9.17, 15) is 9.59 Å². The van der Waals surface area contributed by atoms with Gasteiger partial charge in [-0.15, -0.1) is 12.4 Å².